The molecular weight excluding hydrogens is 571 g/mol. The number of rotatable bonds is 6. The van der Waals surface area contributed by atoms with E-state index in [0.29, 0.717) is 28.9 Å². The highest BCUT2D eigenvalue weighted by Gasteiger charge is 2.45. The normalized spacial score (nSPS) is 22.8. The van der Waals surface area contributed by atoms with E-state index in [-0.39, 0.29) is 41.3 Å². The first kappa shape index (κ1) is 28.5. The van der Waals surface area contributed by atoms with Crippen molar-refractivity contribution in [2.24, 2.45) is 13.0 Å². The SMILES string of the molecule is CC1Cc2ccc(C(F)(F)F)cc2S(O)(O)N(Cc2cccc(-n3ccc(C(=O)O)c3C3CC3c3cn(C)nn3)c2)C1. The van der Waals surface area contributed by atoms with Crippen molar-refractivity contribution in [3.8, 4) is 5.69 Å². The molecule has 0 amide bonds. The Morgan fingerprint density at radius 1 is 1.12 bits per heavy atom. The molecule has 6 rings (SSSR count). The third kappa shape index (κ3) is 5.21. The van der Waals surface area contributed by atoms with Gasteiger partial charge in [0.25, 0.3) is 0 Å². The van der Waals surface area contributed by atoms with Crippen LogP contribution in [0.4, 0.5) is 13.2 Å². The molecule has 0 saturated heterocycles. The van der Waals surface area contributed by atoms with Crippen LogP contribution in [0.25, 0.3) is 5.69 Å². The molecule has 42 heavy (non-hydrogen) atoms. The number of aromatic carboxylic acids is 1. The first-order chi connectivity index (χ1) is 19.8. The standard InChI is InChI=1S/C29H30F3N5O4S/c1-17-10-19-6-7-20(29(30,31)32)12-26(19)42(40,41)36(14-17)15-18-4-3-5-21(11-18)37-9-8-22(28(38)39)27(37)24-13-23(24)25-16-35(2)34-33-25/h3-9,11-12,16-17,23-24,40-41H,10,13-15H2,1-2H3,(H,38,39). The van der Waals surface area contributed by atoms with Crippen LogP contribution in [0.5, 0.6) is 0 Å². The van der Waals surface area contributed by atoms with Crippen LogP contribution < -0.4 is 0 Å². The molecule has 1 aliphatic carbocycles. The zero-order valence-electron chi connectivity index (χ0n) is 22.9. The Balaban J connectivity index is 1.33. The maximum Gasteiger partial charge on any atom is 0.416 e. The van der Waals surface area contributed by atoms with Crippen molar-refractivity contribution < 1.29 is 32.2 Å². The zero-order chi connectivity index (χ0) is 30.0. The minimum Gasteiger partial charge on any atom is -0.478 e. The Kier molecular flexibility index (Phi) is 6.96. The smallest absolute Gasteiger partial charge is 0.416 e. The third-order valence-electron chi connectivity index (χ3n) is 7.98. The lowest BCUT2D eigenvalue weighted by atomic mass is 9.99. The van der Waals surface area contributed by atoms with Gasteiger partial charge in [0, 0.05) is 55.7 Å². The zero-order valence-corrected chi connectivity index (χ0v) is 23.7. The van der Waals surface area contributed by atoms with E-state index in [1.165, 1.54) is 10.4 Å². The fourth-order valence-electron chi connectivity index (χ4n) is 5.94. The second kappa shape index (κ2) is 10.3. The summed E-state index contributed by atoms with van der Waals surface area (Å²) >= 11 is 0. The summed E-state index contributed by atoms with van der Waals surface area (Å²) in [7, 11) is -1.95. The largest absolute Gasteiger partial charge is 0.478 e. The Bertz CT molecular complexity index is 1670. The second-order valence-corrected chi connectivity index (χ2v) is 13.2. The fraction of sp³-hybridized carbons (Fsp3) is 0.345. The van der Waals surface area contributed by atoms with Crippen LogP contribution in [0.15, 0.2) is 65.8 Å². The van der Waals surface area contributed by atoms with Crippen molar-refractivity contribution in [1.29, 1.82) is 0 Å². The van der Waals surface area contributed by atoms with Crippen molar-refractivity contribution in [1.82, 2.24) is 23.9 Å². The highest BCUT2D eigenvalue weighted by atomic mass is 32.3. The van der Waals surface area contributed by atoms with E-state index >= 15 is 0 Å². The summed E-state index contributed by atoms with van der Waals surface area (Å²) in [5.41, 5.74) is 2.61. The second-order valence-electron chi connectivity index (χ2n) is 11.2. The van der Waals surface area contributed by atoms with E-state index in [4.69, 9.17) is 0 Å². The molecule has 3 N–H and O–H groups in total. The monoisotopic (exact) mass is 601 g/mol. The summed E-state index contributed by atoms with van der Waals surface area (Å²) in [6.45, 7) is 2.26. The number of aromatic nitrogens is 4. The summed E-state index contributed by atoms with van der Waals surface area (Å²) in [5.74, 6) is -1.10. The topological polar surface area (TPSA) is 117 Å². The van der Waals surface area contributed by atoms with E-state index < -0.39 is 28.5 Å². The van der Waals surface area contributed by atoms with Gasteiger partial charge in [-0.1, -0.05) is 30.3 Å². The van der Waals surface area contributed by atoms with E-state index in [9.17, 15) is 32.2 Å². The van der Waals surface area contributed by atoms with Gasteiger partial charge in [0.2, 0.25) is 0 Å². The maximum absolute atomic E-state index is 13.5. The third-order valence-corrected chi connectivity index (χ3v) is 9.95. The molecule has 1 fully saturated rings. The first-order valence-corrected chi connectivity index (χ1v) is 15.0. The van der Waals surface area contributed by atoms with Crippen molar-refractivity contribution in [2.75, 3.05) is 6.54 Å². The Labute approximate surface area is 241 Å². The Morgan fingerprint density at radius 2 is 1.90 bits per heavy atom. The summed E-state index contributed by atoms with van der Waals surface area (Å²) in [6.07, 6.45) is 0.0714. The van der Waals surface area contributed by atoms with Crippen LogP contribution in [0.2, 0.25) is 0 Å². The molecule has 13 heteroatoms. The molecule has 4 aromatic rings. The molecule has 3 heterocycles. The number of halogens is 3. The van der Waals surface area contributed by atoms with Crippen LogP contribution >= 0.6 is 10.8 Å². The first-order valence-electron chi connectivity index (χ1n) is 13.5. The van der Waals surface area contributed by atoms with Crippen molar-refractivity contribution in [2.45, 2.75) is 49.2 Å². The number of carboxylic acids is 1. The van der Waals surface area contributed by atoms with Gasteiger partial charge in [-0.15, -0.1) is 15.9 Å². The number of hydrogen-bond acceptors (Lipinski definition) is 6. The molecule has 3 atom stereocenters. The number of carbonyl (C=O) groups is 1. The van der Waals surface area contributed by atoms with Crippen molar-refractivity contribution in [3.63, 3.8) is 0 Å². The number of hydrogen-bond donors (Lipinski definition) is 3. The Morgan fingerprint density at radius 3 is 2.60 bits per heavy atom. The average Bonchev–Trinajstić information content (AvgIpc) is 3.39. The number of benzene rings is 2. The fourth-order valence-corrected chi connectivity index (χ4v) is 7.79. The lowest BCUT2D eigenvalue weighted by Gasteiger charge is -2.43. The van der Waals surface area contributed by atoms with E-state index in [1.54, 1.807) is 30.1 Å². The molecular formula is C29H30F3N5O4S. The summed E-state index contributed by atoms with van der Waals surface area (Å²) in [6, 6.07) is 12.0. The molecule has 222 valence electrons. The molecule has 2 aromatic carbocycles. The molecule has 3 unspecified atom stereocenters. The van der Waals surface area contributed by atoms with Crippen LogP contribution in [0.1, 0.15) is 63.6 Å². The number of fused-ring (bicyclic) bond motifs is 1. The van der Waals surface area contributed by atoms with Gasteiger partial charge < -0.3 is 9.67 Å². The molecule has 2 aromatic heterocycles. The van der Waals surface area contributed by atoms with E-state index in [1.807, 2.05) is 35.9 Å². The highest BCUT2D eigenvalue weighted by molar-refractivity contribution is 8.22. The van der Waals surface area contributed by atoms with Gasteiger partial charge in [0.15, 0.2) is 0 Å². The van der Waals surface area contributed by atoms with Gasteiger partial charge in [-0.25, -0.2) is 4.79 Å². The molecule has 0 bridgehead atoms. The predicted octanol–water partition coefficient (Wildman–Crippen LogP) is 6.31. The predicted molar refractivity (Wildman–Crippen MR) is 150 cm³/mol. The molecule has 1 aliphatic heterocycles. The minimum atomic E-state index is -4.61. The summed E-state index contributed by atoms with van der Waals surface area (Å²) in [5, 5.41) is 18.1. The van der Waals surface area contributed by atoms with Gasteiger partial charge in [0.05, 0.1) is 21.7 Å². The summed E-state index contributed by atoms with van der Waals surface area (Å²) < 4.78 is 68.1. The number of alkyl halides is 3. The average molecular weight is 602 g/mol. The van der Waals surface area contributed by atoms with Crippen LogP contribution in [0, 0.1) is 5.92 Å². The van der Waals surface area contributed by atoms with Gasteiger partial charge in [0.1, 0.15) is 0 Å². The van der Waals surface area contributed by atoms with Gasteiger partial charge in [-0.3, -0.25) is 13.8 Å². The quantitative estimate of drug-likeness (QED) is 0.237. The molecule has 1 saturated carbocycles. The van der Waals surface area contributed by atoms with Crippen molar-refractivity contribution >= 4 is 16.7 Å². The number of nitrogens with zero attached hydrogens (tertiary/aromatic N) is 5. The molecule has 9 nitrogen and oxygen atoms in total. The summed E-state index contributed by atoms with van der Waals surface area (Å²) in [4.78, 5) is 12.0. The lowest BCUT2D eigenvalue weighted by molar-refractivity contribution is -0.137. The van der Waals surface area contributed by atoms with Gasteiger partial charge >= 0.3 is 12.1 Å². The molecule has 0 spiro atoms. The van der Waals surface area contributed by atoms with E-state index in [2.05, 4.69) is 10.3 Å². The van der Waals surface area contributed by atoms with Crippen LogP contribution in [0.3, 0.4) is 0 Å². The number of aryl methyl sites for hydroxylation is 1. The molecule has 0 radical (unpaired) electrons. The van der Waals surface area contributed by atoms with Gasteiger partial charge in [-0.05, 0) is 60.2 Å². The van der Waals surface area contributed by atoms with Gasteiger partial charge in [-0.2, -0.15) is 17.5 Å². The maximum atomic E-state index is 13.5. The van der Waals surface area contributed by atoms with Crippen LogP contribution in [-0.4, -0.2) is 50.6 Å². The minimum absolute atomic E-state index is 0.0422. The number of carboxylic acid groups (broad SMARTS) is 1. The highest BCUT2D eigenvalue weighted by Crippen LogP contribution is 2.57. The lowest BCUT2D eigenvalue weighted by Crippen LogP contribution is -2.30. The van der Waals surface area contributed by atoms with E-state index in [0.717, 1.165) is 24.2 Å². The van der Waals surface area contributed by atoms with Crippen LogP contribution in [-0.2, 0) is 26.2 Å². The van der Waals surface area contributed by atoms with Crippen molar-refractivity contribution in [3.05, 3.63) is 94.6 Å². The Hall–Kier alpha value is -3.65. The molecule has 2 aliphatic rings.